The first-order valence-electron chi connectivity index (χ1n) is 7.26. The van der Waals surface area contributed by atoms with Crippen LogP contribution in [0.4, 0.5) is 4.39 Å². The Bertz CT molecular complexity index is 530. The van der Waals surface area contributed by atoms with E-state index < -0.39 is 5.82 Å². The maximum Gasteiger partial charge on any atom is 0.222 e. The number of rotatable bonds is 4. The van der Waals surface area contributed by atoms with Crippen LogP contribution >= 0.6 is 0 Å². The summed E-state index contributed by atoms with van der Waals surface area (Å²) >= 11 is 0. The van der Waals surface area contributed by atoms with Crippen LogP contribution in [-0.4, -0.2) is 36.8 Å². The lowest BCUT2D eigenvalue weighted by Crippen LogP contribution is -2.37. The van der Waals surface area contributed by atoms with E-state index in [0.29, 0.717) is 13.0 Å². The van der Waals surface area contributed by atoms with Crippen LogP contribution < -0.4 is 4.74 Å². The predicted octanol–water partition coefficient (Wildman–Crippen LogP) is 2.81. The molecule has 1 aromatic carbocycles. The Balaban J connectivity index is 2.05. The molecule has 1 heterocycles. The molecule has 0 unspecified atom stereocenters. The van der Waals surface area contributed by atoms with Gasteiger partial charge in [-0.1, -0.05) is 12.8 Å². The minimum atomic E-state index is -0.567. The van der Waals surface area contributed by atoms with Crippen LogP contribution in [0.25, 0.3) is 0 Å². The molecular formula is C16H20FNO3. The van der Waals surface area contributed by atoms with Gasteiger partial charge in [0.2, 0.25) is 5.91 Å². The minimum Gasteiger partial charge on any atom is -0.494 e. The number of likely N-dealkylation sites (tertiary alicyclic amines) is 1. The second kappa shape index (κ2) is 7.20. The topological polar surface area (TPSA) is 46.6 Å². The lowest BCUT2D eigenvalue weighted by Gasteiger charge is -2.24. The van der Waals surface area contributed by atoms with Crippen molar-refractivity contribution in [2.24, 2.45) is 0 Å². The fraction of sp³-hybridized carbons (Fsp3) is 0.500. The molecule has 1 fully saturated rings. The third kappa shape index (κ3) is 4.03. The van der Waals surface area contributed by atoms with Crippen molar-refractivity contribution < 1.29 is 18.7 Å². The molecule has 0 atom stereocenters. The molecule has 2 rings (SSSR count). The van der Waals surface area contributed by atoms with E-state index in [1.807, 2.05) is 0 Å². The van der Waals surface area contributed by atoms with Crippen molar-refractivity contribution >= 4 is 11.7 Å². The van der Waals surface area contributed by atoms with E-state index in [4.69, 9.17) is 4.74 Å². The Labute approximate surface area is 123 Å². The van der Waals surface area contributed by atoms with Crippen molar-refractivity contribution in [1.29, 1.82) is 0 Å². The molecule has 0 saturated carbocycles. The van der Waals surface area contributed by atoms with Crippen molar-refractivity contribution in [3.8, 4) is 5.75 Å². The van der Waals surface area contributed by atoms with E-state index in [2.05, 4.69) is 0 Å². The number of Topliss-reactive ketones (excluding diaryl/α,β-unsaturated/α-hetero) is 1. The zero-order valence-corrected chi connectivity index (χ0v) is 12.2. The first-order chi connectivity index (χ1) is 10.1. The van der Waals surface area contributed by atoms with Crippen molar-refractivity contribution in [1.82, 2.24) is 4.90 Å². The van der Waals surface area contributed by atoms with Gasteiger partial charge >= 0.3 is 0 Å². The zero-order valence-electron chi connectivity index (χ0n) is 12.2. The minimum absolute atomic E-state index is 0.0111. The summed E-state index contributed by atoms with van der Waals surface area (Å²) in [5.41, 5.74) is 0.267. The van der Waals surface area contributed by atoms with E-state index in [0.717, 1.165) is 31.7 Å². The van der Waals surface area contributed by atoms with Crippen molar-refractivity contribution in [3.63, 3.8) is 0 Å². The number of hydrogen-bond acceptors (Lipinski definition) is 3. The fourth-order valence-corrected chi connectivity index (χ4v) is 2.49. The number of carbonyl (C=O) groups is 2. The Morgan fingerprint density at radius 2 is 2.05 bits per heavy atom. The van der Waals surface area contributed by atoms with E-state index in [9.17, 15) is 14.0 Å². The number of hydrogen-bond donors (Lipinski definition) is 0. The smallest absolute Gasteiger partial charge is 0.222 e. The summed E-state index contributed by atoms with van der Waals surface area (Å²) in [5, 5.41) is 0. The monoisotopic (exact) mass is 293 g/mol. The molecule has 0 aromatic heterocycles. The van der Waals surface area contributed by atoms with Crippen LogP contribution in [0.1, 0.15) is 42.5 Å². The molecule has 0 aliphatic carbocycles. The summed E-state index contributed by atoms with van der Waals surface area (Å²) in [6.07, 6.45) is 4.42. The number of halogens is 1. The molecule has 5 heteroatoms. The molecule has 0 N–H and O–H groups in total. The largest absolute Gasteiger partial charge is 0.494 e. The first kappa shape index (κ1) is 15.5. The van der Waals surface area contributed by atoms with Crippen LogP contribution in [0.5, 0.6) is 5.75 Å². The summed E-state index contributed by atoms with van der Waals surface area (Å²) < 4.78 is 18.5. The van der Waals surface area contributed by atoms with E-state index in [-0.39, 0.29) is 29.5 Å². The molecule has 4 nitrogen and oxygen atoms in total. The number of benzene rings is 1. The molecule has 1 amide bonds. The second-order valence-corrected chi connectivity index (χ2v) is 5.25. The van der Waals surface area contributed by atoms with Gasteiger partial charge in [0, 0.05) is 18.5 Å². The highest BCUT2D eigenvalue weighted by Gasteiger charge is 2.19. The van der Waals surface area contributed by atoms with Gasteiger partial charge in [-0.2, -0.15) is 0 Å². The number of ketones is 1. The highest BCUT2D eigenvalue weighted by atomic mass is 19.1. The van der Waals surface area contributed by atoms with Crippen LogP contribution in [0, 0.1) is 5.82 Å². The van der Waals surface area contributed by atoms with E-state index in [1.165, 1.54) is 19.2 Å². The van der Waals surface area contributed by atoms with E-state index >= 15 is 0 Å². The SMILES string of the molecule is COc1ccc(C(=O)CN2CCCCCCC2=O)cc1F. The molecule has 21 heavy (non-hydrogen) atoms. The average molecular weight is 293 g/mol. The number of nitrogens with zero attached hydrogens (tertiary/aromatic N) is 1. The molecule has 0 bridgehead atoms. The molecule has 1 aromatic rings. The lowest BCUT2D eigenvalue weighted by molar-refractivity contribution is -0.131. The van der Waals surface area contributed by atoms with Crippen molar-refractivity contribution in [2.75, 3.05) is 20.2 Å². The molecule has 0 radical (unpaired) electrons. The molecule has 114 valence electrons. The van der Waals surface area contributed by atoms with Gasteiger partial charge in [0.05, 0.1) is 13.7 Å². The first-order valence-corrected chi connectivity index (χ1v) is 7.26. The van der Waals surface area contributed by atoms with Crippen molar-refractivity contribution in [3.05, 3.63) is 29.6 Å². The van der Waals surface area contributed by atoms with E-state index in [1.54, 1.807) is 4.90 Å². The highest BCUT2D eigenvalue weighted by Crippen LogP contribution is 2.19. The third-order valence-corrected chi connectivity index (χ3v) is 3.73. The Morgan fingerprint density at radius 3 is 2.76 bits per heavy atom. The molecule has 0 spiro atoms. The molecule has 1 aliphatic rings. The second-order valence-electron chi connectivity index (χ2n) is 5.25. The van der Waals surface area contributed by atoms with Crippen LogP contribution in [-0.2, 0) is 4.79 Å². The maximum absolute atomic E-state index is 13.6. The number of amides is 1. The number of ether oxygens (including phenoxy) is 1. The Morgan fingerprint density at radius 1 is 1.29 bits per heavy atom. The maximum atomic E-state index is 13.6. The Kier molecular flexibility index (Phi) is 5.31. The quantitative estimate of drug-likeness (QED) is 0.802. The highest BCUT2D eigenvalue weighted by molar-refractivity contribution is 5.99. The number of carbonyl (C=O) groups excluding carboxylic acids is 2. The normalized spacial score (nSPS) is 16.3. The van der Waals surface area contributed by atoms with Gasteiger partial charge in [-0.15, -0.1) is 0 Å². The third-order valence-electron chi connectivity index (χ3n) is 3.73. The Hall–Kier alpha value is -1.91. The van der Waals surface area contributed by atoms with Gasteiger partial charge in [0.15, 0.2) is 17.3 Å². The summed E-state index contributed by atoms with van der Waals surface area (Å²) in [6.45, 7) is 0.619. The van der Waals surface area contributed by atoms with Gasteiger partial charge in [0.1, 0.15) is 0 Å². The summed E-state index contributed by atoms with van der Waals surface area (Å²) in [7, 11) is 1.37. The summed E-state index contributed by atoms with van der Waals surface area (Å²) in [4.78, 5) is 25.8. The standard InChI is InChI=1S/C16H20FNO3/c1-21-15-8-7-12(10-13(15)17)14(19)11-18-9-5-3-2-4-6-16(18)20/h7-8,10H,2-6,9,11H2,1H3. The summed E-state index contributed by atoms with van der Waals surface area (Å²) in [6, 6.07) is 4.12. The van der Waals surface area contributed by atoms with Gasteiger partial charge in [-0.25, -0.2) is 4.39 Å². The fourth-order valence-electron chi connectivity index (χ4n) is 2.49. The molecular weight excluding hydrogens is 273 g/mol. The van der Waals surface area contributed by atoms with Crippen LogP contribution in [0.3, 0.4) is 0 Å². The van der Waals surface area contributed by atoms with Crippen molar-refractivity contribution in [2.45, 2.75) is 32.1 Å². The molecule has 1 aliphatic heterocycles. The van der Waals surface area contributed by atoms with Gasteiger partial charge < -0.3 is 9.64 Å². The average Bonchev–Trinajstić information content (AvgIpc) is 2.46. The summed E-state index contributed by atoms with van der Waals surface area (Å²) in [5.74, 6) is -0.696. The van der Waals surface area contributed by atoms with Gasteiger partial charge in [-0.05, 0) is 31.0 Å². The molecule has 1 saturated heterocycles. The van der Waals surface area contributed by atoms with Crippen LogP contribution in [0.2, 0.25) is 0 Å². The number of methoxy groups -OCH3 is 1. The van der Waals surface area contributed by atoms with Gasteiger partial charge in [-0.3, -0.25) is 9.59 Å². The predicted molar refractivity (Wildman–Crippen MR) is 76.9 cm³/mol. The van der Waals surface area contributed by atoms with Gasteiger partial charge in [0.25, 0.3) is 0 Å². The van der Waals surface area contributed by atoms with Crippen LogP contribution in [0.15, 0.2) is 18.2 Å². The zero-order chi connectivity index (χ0) is 15.2. The lowest BCUT2D eigenvalue weighted by atomic mass is 10.1.